The van der Waals surface area contributed by atoms with Gasteiger partial charge >= 0.3 is 0 Å². The lowest BCUT2D eigenvalue weighted by Crippen LogP contribution is -2.50. The molecule has 4 heterocycles. The van der Waals surface area contributed by atoms with Crippen LogP contribution < -0.4 is 0 Å². The van der Waals surface area contributed by atoms with Gasteiger partial charge < -0.3 is 14.4 Å². The van der Waals surface area contributed by atoms with Crippen LogP contribution in [0, 0.1) is 12.7 Å². The normalized spacial score (nSPS) is 19.9. The van der Waals surface area contributed by atoms with Crippen LogP contribution >= 0.6 is 0 Å². The maximum atomic E-state index is 13.6. The maximum Gasteiger partial charge on any atom is 0.274 e. The van der Waals surface area contributed by atoms with Gasteiger partial charge in [0.15, 0.2) is 15.5 Å². The smallest absolute Gasteiger partial charge is 0.274 e. The number of carbonyl (C=O) groups is 2. The van der Waals surface area contributed by atoms with Gasteiger partial charge in [-0.1, -0.05) is 0 Å². The summed E-state index contributed by atoms with van der Waals surface area (Å²) >= 11 is 0. The van der Waals surface area contributed by atoms with E-state index < -0.39 is 9.84 Å². The van der Waals surface area contributed by atoms with E-state index in [0.29, 0.717) is 60.7 Å². The number of aryl methyl sites for hydroxylation is 1. The predicted molar refractivity (Wildman–Crippen MR) is 128 cm³/mol. The summed E-state index contributed by atoms with van der Waals surface area (Å²) in [6.07, 6.45) is 0.471. The van der Waals surface area contributed by atoms with E-state index in [2.05, 4.69) is 9.97 Å². The van der Waals surface area contributed by atoms with Gasteiger partial charge in [-0.2, -0.15) is 0 Å². The second-order valence-corrected chi connectivity index (χ2v) is 11.3. The Morgan fingerprint density at radius 2 is 1.69 bits per heavy atom. The Hall–Kier alpha value is -3.34. The number of hydrogen-bond donors (Lipinski definition) is 0. The highest BCUT2D eigenvalue weighted by molar-refractivity contribution is 7.91. The molecule has 1 aromatic carbocycles. The van der Waals surface area contributed by atoms with Gasteiger partial charge in [-0.15, -0.1) is 0 Å². The second kappa shape index (κ2) is 8.71. The van der Waals surface area contributed by atoms with Gasteiger partial charge in [-0.3, -0.25) is 9.59 Å². The number of rotatable bonds is 3. The van der Waals surface area contributed by atoms with Gasteiger partial charge in [0.2, 0.25) is 5.91 Å². The van der Waals surface area contributed by atoms with Crippen molar-refractivity contribution in [2.75, 3.05) is 37.7 Å². The van der Waals surface area contributed by atoms with E-state index in [9.17, 15) is 22.4 Å². The van der Waals surface area contributed by atoms with E-state index in [1.807, 2.05) is 4.57 Å². The van der Waals surface area contributed by atoms with Crippen LogP contribution in [0.5, 0.6) is 0 Å². The molecule has 3 aromatic rings. The van der Waals surface area contributed by atoms with E-state index in [1.165, 1.54) is 19.1 Å². The topological polar surface area (TPSA) is 105 Å². The Balaban J connectivity index is 1.62. The molecular formula is C24H26FN5O4S. The van der Waals surface area contributed by atoms with Gasteiger partial charge in [0, 0.05) is 38.7 Å². The van der Waals surface area contributed by atoms with Gasteiger partial charge in [0.05, 0.1) is 28.8 Å². The number of benzene rings is 1. The Morgan fingerprint density at radius 1 is 1.03 bits per heavy atom. The van der Waals surface area contributed by atoms with E-state index in [-0.39, 0.29) is 40.9 Å². The van der Waals surface area contributed by atoms with Crippen molar-refractivity contribution >= 4 is 32.7 Å². The third-order valence-electron chi connectivity index (χ3n) is 6.78. The maximum absolute atomic E-state index is 13.6. The number of amides is 2. The molecule has 0 spiro atoms. The summed E-state index contributed by atoms with van der Waals surface area (Å²) in [6.45, 7) is 4.94. The molecule has 9 nitrogen and oxygen atoms in total. The lowest BCUT2D eigenvalue weighted by atomic mass is 10.1. The van der Waals surface area contributed by atoms with Crippen molar-refractivity contribution in [1.29, 1.82) is 0 Å². The molecule has 11 heteroatoms. The van der Waals surface area contributed by atoms with Crippen molar-refractivity contribution in [2.24, 2.45) is 0 Å². The number of imidazole rings is 1. The highest BCUT2D eigenvalue weighted by atomic mass is 32.2. The fraction of sp³-hybridized carbons (Fsp3) is 0.417. The van der Waals surface area contributed by atoms with E-state index >= 15 is 0 Å². The highest BCUT2D eigenvalue weighted by Crippen LogP contribution is 2.33. The monoisotopic (exact) mass is 499 g/mol. The van der Waals surface area contributed by atoms with Crippen LogP contribution in [0.1, 0.15) is 35.7 Å². The molecule has 0 aliphatic carbocycles. The number of carbonyl (C=O) groups excluding carboxylic acids is 2. The molecule has 1 atom stereocenters. The van der Waals surface area contributed by atoms with Gasteiger partial charge in [0.1, 0.15) is 17.2 Å². The fourth-order valence-corrected chi connectivity index (χ4v) is 6.64. The third kappa shape index (κ3) is 4.40. The molecule has 2 aliphatic rings. The fourth-order valence-electron chi connectivity index (χ4n) is 4.94. The minimum Gasteiger partial charge on any atom is -0.339 e. The molecule has 2 aliphatic heterocycles. The third-order valence-corrected chi connectivity index (χ3v) is 8.53. The predicted octanol–water partition coefficient (Wildman–Crippen LogP) is 2.21. The zero-order chi connectivity index (χ0) is 24.9. The standard InChI is InChI=1S/C24H26FN5O4S/c1-15-26-22-21(30(15)19-7-12-35(33,34)14-19)13-20(17-3-5-18(25)6-4-17)27-23(22)24(32)29-10-8-28(9-11-29)16(2)31/h3-6,13,19H,7-12,14H2,1-2H3. The van der Waals surface area contributed by atoms with Crippen LogP contribution in [0.15, 0.2) is 30.3 Å². The number of nitrogens with zero attached hydrogens (tertiary/aromatic N) is 5. The molecule has 1 unspecified atom stereocenters. The molecule has 0 radical (unpaired) electrons. The van der Waals surface area contributed by atoms with Gasteiger partial charge in [-0.05, 0) is 43.7 Å². The number of fused-ring (bicyclic) bond motifs is 1. The molecule has 2 aromatic heterocycles. The van der Waals surface area contributed by atoms with Crippen LogP contribution in [0.3, 0.4) is 0 Å². The summed E-state index contributed by atoms with van der Waals surface area (Å²) in [4.78, 5) is 38.0. The molecule has 2 amide bonds. The first kappa shape index (κ1) is 23.4. The molecule has 2 fully saturated rings. The van der Waals surface area contributed by atoms with Gasteiger partial charge in [0.25, 0.3) is 5.91 Å². The molecule has 184 valence electrons. The van der Waals surface area contributed by atoms with E-state index in [0.717, 1.165) is 0 Å². The molecule has 5 rings (SSSR count). The van der Waals surface area contributed by atoms with Crippen molar-refractivity contribution in [2.45, 2.75) is 26.3 Å². The van der Waals surface area contributed by atoms with E-state index in [4.69, 9.17) is 0 Å². The van der Waals surface area contributed by atoms with Crippen LogP contribution in [-0.2, 0) is 14.6 Å². The Labute approximate surface area is 202 Å². The molecule has 0 N–H and O–H groups in total. The average Bonchev–Trinajstić information content (AvgIpc) is 3.35. The van der Waals surface area contributed by atoms with Crippen LogP contribution in [0.2, 0.25) is 0 Å². The average molecular weight is 500 g/mol. The Morgan fingerprint density at radius 3 is 2.29 bits per heavy atom. The number of halogens is 1. The van der Waals surface area contributed by atoms with Crippen LogP contribution in [0.25, 0.3) is 22.3 Å². The minimum absolute atomic E-state index is 0.0176. The summed E-state index contributed by atoms with van der Waals surface area (Å²) < 4.78 is 39.8. The van der Waals surface area contributed by atoms with Crippen molar-refractivity contribution < 1.29 is 22.4 Å². The van der Waals surface area contributed by atoms with Crippen LogP contribution in [-0.4, -0.2) is 82.3 Å². The van der Waals surface area contributed by atoms with Gasteiger partial charge in [-0.25, -0.2) is 22.8 Å². The first-order valence-electron chi connectivity index (χ1n) is 11.5. The zero-order valence-corrected chi connectivity index (χ0v) is 20.4. The Kier molecular flexibility index (Phi) is 5.82. The molecule has 0 bridgehead atoms. The molecule has 35 heavy (non-hydrogen) atoms. The SMILES string of the molecule is CC(=O)N1CCN(C(=O)c2nc(-c3ccc(F)cc3)cc3c2nc(C)n3C2CCS(=O)(=O)C2)CC1. The molecular weight excluding hydrogens is 473 g/mol. The minimum atomic E-state index is -3.14. The Bertz CT molecular complexity index is 1430. The first-order valence-corrected chi connectivity index (χ1v) is 13.4. The summed E-state index contributed by atoms with van der Waals surface area (Å²) in [5, 5.41) is 0. The first-order chi connectivity index (χ1) is 16.6. The van der Waals surface area contributed by atoms with Crippen molar-refractivity contribution in [3.63, 3.8) is 0 Å². The van der Waals surface area contributed by atoms with Crippen molar-refractivity contribution in [3.05, 3.63) is 47.7 Å². The number of hydrogen-bond acceptors (Lipinski definition) is 6. The van der Waals surface area contributed by atoms with Crippen molar-refractivity contribution in [1.82, 2.24) is 24.3 Å². The highest BCUT2D eigenvalue weighted by Gasteiger charge is 2.33. The summed E-state index contributed by atoms with van der Waals surface area (Å²) in [6, 6.07) is 7.35. The summed E-state index contributed by atoms with van der Waals surface area (Å²) in [5.41, 5.74) is 2.32. The lowest BCUT2D eigenvalue weighted by molar-refractivity contribution is -0.130. The largest absolute Gasteiger partial charge is 0.339 e. The summed E-state index contributed by atoms with van der Waals surface area (Å²) in [5.74, 6) is 0.0210. The lowest BCUT2D eigenvalue weighted by Gasteiger charge is -2.34. The van der Waals surface area contributed by atoms with E-state index in [1.54, 1.807) is 34.9 Å². The number of pyridine rings is 1. The van der Waals surface area contributed by atoms with Crippen LogP contribution in [0.4, 0.5) is 4.39 Å². The summed E-state index contributed by atoms with van der Waals surface area (Å²) in [7, 11) is -3.14. The second-order valence-electron chi connectivity index (χ2n) is 9.11. The quantitative estimate of drug-likeness (QED) is 0.547. The number of aromatic nitrogens is 3. The van der Waals surface area contributed by atoms with Crippen molar-refractivity contribution in [3.8, 4) is 11.3 Å². The number of sulfone groups is 1. The molecule has 2 saturated heterocycles. The zero-order valence-electron chi connectivity index (χ0n) is 19.6. The number of piperazine rings is 1. The molecule has 0 saturated carbocycles.